The third-order valence-electron chi connectivity index (χ3n) is 4.09. The summed E-state index contributed by atoms with van der Waals surface area (Å²) in [6, 6.07) is 8.04. The maximum absolute atomic E-state index is 12.7. The zero-order chi connectivity index (χ0) is 13.9. The topological polar surface area (TPSA) is 32.3 Å². The highest BCUT2D eigenvalue weighted by Crippen LogP contribution is 2.21. The van der Waals surface area contributed by atoms with E-state index in [2.05, 4.69) is 29.3 Å². The molecule has 0 spiro atoms. The average molecular weight is 260 g/mol. The molecule has 3 nitrogen and oxygen atoms in total. The first-order valence-corrected chi connectivity index (χ1v) is 7.15. The quantitative estimate of drug-likeness (QED) is 0.842. The van der Waals surface area contributed by atoms with E-state index in [0.29, 0.717) is 0 Å². The Kier molecular flexibility index (Phi) is 4.38. The van der Waals surface area contributed by atoms with Gasteiger partial charge in [-0.15, -0.1) is 0 Å². The molecule has 1 aliphatic heterocycles. The van der Waals surface area contributed by atoms with Gasteiger partial charge in [-0.2, -0.15) is 0 Å². The highest BCUT2D eigenvalue weighted by atomic mass is 16.1. The molecule has 2 rings (SSSR count). The van der Waals surface area contributed by atoms with E-state index in [-0.39, 0.29) is 5.78 Å². The van der Waals surface area contributed by atoms with Gasteiger partial charge in [0.05, 0.1) is 5.54 Å². The van der Waals surface area contributed by atoms with Gasteiger partial charge < -0.3 is 5.32 Å². The Hall–Kier alpha value is -1.19. The number of nitrogens with one attached hydrogen (secondary N) is 1. The zero-order valence-electron chi connectivity index (χ0n) is 12.2. The van der Waals surface area contributed by atoms with E-state index < -0.39 is 5.54 Å². The van der Waals surface area contributed by atoms with Crippen LogP contribution in [0.1, 0.15) is 36.7 Å². The molecule has 1 heterocycles. The second kappa shape index (κ2) is 5.85. The van der Waals surface area contributed by atoms with Crippen molar-refractivity contribution in [3.63, 3.8) is 0 Å². The fraction of sp³-hybridized carbons (Fsp3) is 0.562. The van der Waals surface area contributed by atoms with Crippen LogP contribution in [0.5, 0.6) is 0 Å². The second-order valence-electron chi connectivity index (χ2n) is 5.68. The van der Waals surface area contributed by atoms with Gasteiger partial charge in [-0.3, -0.25) is 9.69 Å². The molecule has 1 aromatic carbocycles. The van der Waals surface area contributed by atoms with Gasteiger partial charge >= 0.3 is 0 Å². The van der Waals surface area contributed by atoms with Crippen LogP contribution in [0.15, 0.2) is 24.3 Å². The monoisotopic (exact) mass is 260 g/mol. The van der Waals surface area contributed by atoms with Crippen molar-refractivity contribution in [1.29, 1.82) is 0 Å². The minimum Gasteiger partial charge on any atom is -0.314 e. The van der Waals surface area contributed by atoms with E-state index in [1.807, 2.05) is 26.0 Å². The highest BCUT2D eigenvalue weighted by molar-refractivity contribution is 6.02. The number of hydrogen-bond acceptors (Lipinski definition) is 3. The summed E-state index contributed by atoms with van der Waals surface area (Å²) < 4.78 is 0. The minimum absolute atomic E-state index is 0.219. The molecule has 3 heteroatoms. The first-order valence-electron chi connectivity index (χ1n) is 7.15. The minimum atomic E-state index is -0.421. The third-order valence-corrected chi connectivity index (χ3v) is 4.09. The lowest BCUT2D eigenvalue weighted by atomic mass is 9.90. The summed E-state index contributed by atoms with van der Waals surface area (Å²) >= 11 is 0. The maximum atomic E-state index is 12.7. The van der Waals surface area contributed by atoms with E-state index >= 15 is 0 Å². The van der Waals surface area contributed by atoms with Gasteiger partial charge in [0.2, 0.25) is 0 Å². The van der Waals surface area contributed by atoms with Crippen LogP contribution >= 0.6 is 0 Å². The molecule has 1 saturated heterocycles. The second-order valence-corrected chi connectivity index (χ2v) is 5.68. The summed E-state index contributed by atoms with van der Waals surface area (Å²) in [4.78, 5) is 15.0. The summed E-state index contributed by atoms with van der Waals surface area (Å²) in [6.45, 7) is 10.00. The lowest BCUT2D eigenvalue weighted by Crippen LogP contribution is -2.57. The Balaban J connectivity index is 2.15. The predicted molar refractivity (Wildman–Crippen MR) is 78.7 cm³/mol. The fourth-order valence-corrected chi connectivity index (χ4v) is 2.61. The van der Waals surface area contributed by atoms with Crippen molar-refractivity contribution in [1.82, 2.24) is 10.2 Å². The molecule has 0 saturated carbocycles. The molecular weight excluding hydrogens is 236 g/mol. The number of piperazine rings is 1. The number of hydrogen-bond donors (Lipinski definition) is 1. The number of ketones is 1. The molecule has 0 bridgehead atoms. The molecule has 1 fully saturated rings. The smallest absolute Gasteiger partial charge is 0.182 e. The number of Topliss-reactive ketones (excluding diaryl/α,β-unsaturated/α-hetero) is 1. The van der Waals surface area contributed by atoms with E-state index in [9.17, 15) is 4.79 Å². The van der Waals surface area contributed by atoms with Crippen LogP contribution in [-0.4, -0.2) is 42.4 Å². The van der Waals surface area contributed by atoms with Gasteiger partial charge in [0.25, 0.3) is 0 Å². The molecule has 0 unspecified atom stereocenters. The van der Waals surface area contributed by atoms with Crippen LogP contribution in [-0.2, 0) is 6.42 Å². The van der Waals surface area contributed by atoms with Crippen LogP contribution in [0.25, 0.3) is 0 Å². The summed E-state index contributed by atoms with van der Waals surface area (Å²) in [5, 5.41) is 3.33. The Morgan fingerprint density at radius 2 is 1.79 bits per heavy atom. The van der Waals surface area contributed by atoms with Crippen LogP contribution < -0.4 is 5.32 Å². The van der Waals surface area contributed by atoms with E-state index in [0.717, 1.165) is 38.2 Å². The molecule has 104 valence electrons. The van der Waals surface area contributed by atoms with Crippen molar-refractivity contribution < 1.29 is 4.79 Å². The molecular formula is C16H24N2O. The maximum Gasteiger partial charge on any atom is 0.182 e. The molecule has 0 aromatic heterocycles. The van der Waals surface area contributed by atoms with Crippen molar-refractivity contribution in [2.24, 2.45) is 0 Å². The number of aryl methyl sites for hydroxylation is 1. The molecule has 0 aliphatic carbocycles. The molecule has 1 aliphatic rings. The van der Waals surface area contributed by atoms with Gasteiger partial charge in [-0.1, -0.05) is 31.2 Å². The Morgan fingerprint density at radius 3 is 2.32 bits per heavy atom. The van der Waals surface area contributed by atoms with Crippen LogP contribution in [0.3, 0.4) is 0 Å². The average Bonchev–Trinajstić information content (AvgIpc) is 2.47. The zero-order valence-corrected chi connectivity index (χ0v) is 12.2. The van der Waals surface area contributed by atoms with Gasteiger partial charge in [0, 0.05) is 31.7 Å². The third kappa shape index (κ3) is 3.04. The normalized spacial score (nSPS) is 17.4. The lowest BCUT2D eigenvalue weighted by molar-refractivity contribution is 0.0602. The largest absolute Gasteiger partial charge is 0.314 e. The number of nitrogens with zero attached hydrogens (tertiary/aromatic N) is 1. The summed E-state index contributed by atoms with van der Waals surface area (Å²) in [5.74, 6) is 0.219. The van der Waals surface area contributed by atoms with Crippen molar-refractivity contribution in [2.75, 3.05) is 26.2 Å². The summed E-state index contributed by atoms with van der Waals surface area (Å²) in [7, 11) is 0. The van der Waals surface area contributed by atoms with Gasteiger partial charge in [-0.25, -0.2) is 0 Å². The van der Waals surface area contributed by atoms with Gasteiger partial charge in [-0.05, 0) is 25.8 Å². The number of rotatable bonds is 4. The predicted octanol–water partition coefficient (Wildman–Crippen LogP) is 2.12. The van der Waals surface area contributed by atoms with Crippen molar-refractivity contribution >= 4 is 5.78 Å². The molecule has 19 heavy (non-hydrogen) atoms. The SMILES string of the molecule is CCc1ccc(C(=O)C(C)(C)N2CCNCC2)cc1. The number of carbonyl (C=O) groups is 1. The first-order chi connectivity index (χ1) is 9.05. The summed E-state index contributed by atoms with van der Waals surface area (Å²) in [6.07, 6.45) is 1.01. The number of carbonyl (C=O) groups excluding carboxylic acids is 1. The van der Waals surface area contributed by atoms with Crippen LogP contribution in [0.4, 0.5) is 0 Å². The molecule has 1 aromatic rings. The lowest BCUT2D eigenvalue weighted by Gasteiger charge is -2.40. The summed E-state index contributed by atoms with van der Waals surface area (Å²) in [5.41, 5.74) is 1.67. The van der Waals surface area contributed by atoms with Gasteiger partial charge in [0.15, 0.2) is 5.78 Å². The Bertz CT molecular complexity index is 431. The van der Waals surface area contributed by atoms with Crippen molar-refractivity contribution in [2.45, 2.75) is 32.7 Å². The molecule has 0 amide bonds. The van der Waals surface area contributed by atoms with Crippen molar-refractivity contribution in [3.8, 4) is 0 Å². The molecule has 0 radical (unpaired) electrons. The molecule has 1 N–H and O–H groups in total. The number of benzene rings is 1. The fourth-order valence-electron chi connectivity index (χ4n) is 2.61. The van der Waals surface area contributed by atoms with E-state index in [4.69, 9.17) is 0 Å². The molecule has 0 atom stereocenters. The Morgan fingerprint density at radius 1 is 1.21 bits per heavy atom. The van der Waals surface area contributed by atoms with Gasteiger partial charge in [0.1, 0.15) is 0 Å². The Labute approximate surface area is 116 Å². The van der Waals surface area contributed by atoms with Crippen LogP contribution in [0, 0.1) is 0 Å². The van der Waals surface area contributed by atoms with E-state index in [1.165, 1.54) is 5.56 Å². The highest BCUT2D eigenvalue weighted by Gasteiger charge is 2.35. The first kappa shape index (κ1) is 14.2. The van der Waals surface area contributed by atoms with Crippen LogP contribution in [0.2, 0.25) is 0 Å². The van der Waals surface area contributed by atoms with Crippen molar-refractivity contribution in [3.05, 3.63) is 35.4 Å². The standard InChI is InChI=1S/C16H24N2O/c1-4-13-5-7-14(8-6-13)15(19)16(2,3)18-11-9-17-10-12-18/h5-8,17H,4,9-12H2,1-3H3. The van der Waals surface area contributed by atoms with E-state index in [1.54, 1.807) is 0 Å².